The van der Waals surface area contributed by atoms with Gasteiger partial charge in [0, 0.05) is 29.6 Å². The molecular formula is C22H29N3O3S. The number of pyridine rings is 1. The fourth-order valence-electron chi connectivity index (χ4n) is 3.78. The van der Waals surface area contributed by atoms with Gasteiger partial charge >= 0.3 is 0 Å². The highest BCUT2D eigenvalue weighted by atomic mass is 32.2. The molecule has 0 saturated carbocycles. The number of anilines is 1. The van der Waals surface area contributed by atoms with Crippen molar-refractivity contribution < 1.29 is 13.2 Å². The predicted molar refractivity (Wildman–Crippen MR) is 116 cm³/mol. The lowest BCUT2D eigenvalue weighted by Crippen LogP contribution is -2.37. The molecule has 0 unspecified atom stereocenters. The number of nitrogens with zero attached hydrogens (tertiary/aromatic N) is 2. The number of rotatable bonds is 9. The van der Waals surface area contributed by atoms with E-state index in [1.54, 1.807) is 30.5 Å². The van der Waals surface area contributed by atoms with Gasteiger partial charge in [0.15, 0.2) is 5.78 Å². The van der Waals surface area contributed by atoms with Crippen LogP contribution >= 0.6 is 0 Å². The number of unbranched alkanes of at least 4 members (excludes halogenated alkanes) is 1. The number of carbonyl (C=O) groups is 1. The SMILES string of the molecule is CS(=O)(=O)Nc1ccc(C(=O)C2CCN(CCCCc3cccnc3)CC2)cc1. The van der Waals surface area contributed by atoms with Gasteiger partial charge in [-0.15, -0.1) is 0 Å². The smallest absolute Gasteiger partial charge is 0.229 e. The molecule has 0 amide bonds. The van der Waals surface area contributed by atoms with Crippen LogP contribution in [0, 0.1) is 5.92 Å². The van der Waals surface area contributed by atoms with Crippen LogP contribution < -0.4 is 4.72 Å². The first-order chi connectivity index (χ1) is 13.9. The van der Waals surface area contributed by atoms with E-state index in [1.165, 1.54) is 5.56 Å². The highest BCUT2D eigenvalue weighted by Gasteiger charge is 2.25. The highest BCUT2D eigenvalue weighted by molar-refractivity contribution is 7.92. The van der Waals surface area contributed by atoms with Crippen LogP contribution in [0.3, 0.4) is 0 Å². The normalized spacial score (nSPS) is 15.9. The lowest BCUT2D eigenvalue weighted by molar-refractivity contribution is 0.0839. The number of likely N-dealkylation sites (tertiary alicyclic amines) is 1. The topological polar surface area (TPSA) is 79.4 Å². The van der Waals surface area contributed by atoms with Gasteiger partial charge in [-0.1, -0.05) is 6.07 Å². The van der Waals surface area contributed by atoms with Gasteiger partial charge in [0.25, 0.3) is 0 Å². The van der Waals surface area contributed by atoms with Crippen LogP contribution in [-0.4, -0.2) is 50.0 Å². The first-order valence-corrected chi connectivity index (χ1v) is 12.0. The third kappa shape index (κ3) is 6.94. The van der Waals surface area contributed by atoms with Gasteiger partial charge in [-0.25, -0.2) is 8.42 Å². The zero-order valence-electron chi connectivity index (χ0n) is 16.9. The Morgan fingerprint density at radius 2 is 1.86 bits per heavy atom. The van der Waals surface area contributed by atoms with Crippen molar-refractivity contribution in [2.45, 2.75) is 32.1 Å². The molecule has 1 saturated heterocycles. The minimum Gasteiger partial charge on any atom is -0.303 e. The van der Waals surface area contributed by atoms with Crippen molar-refractivity contribution in [2.24, 2.45) is 5.92 Å². The van der Waals surface area contributed by atoms with E-state index in [9.17, 15) is 13.2 Å². The standard InChI is InChI=1S/C22H29N3O3S/c1-29(27,28)24-21-9-7-19(8-10-21)22(26)20-11-15-25(16-12-20)14-3-2-5-18-6-4-13-23-17-18/h4,6-10,13,17,20,24H,2-3,5,11-12,14-16H2,1H3. The van der Waals surface area contributed by atoms with Crippen LogP contribution in [0.1, 0.15) is 41.6 Å². The van der Waals surface area contributed by atoms with E-state index in [4.69, 9.17) is 0 Å². The van der Waals surface area contributed by atoms with Gasteiger partial charge in [-0.3, -0.25) is 14.5 Å². The fraction of sp³-hybridized carbons (Fsp3) is 0.455. The Labute approximate surface area is 173 Å². The summed E-state index contributed by atoms with van der Waals surface area (Å²) < 4.78 is 25.0. The Bertz CT molecular complexity index is 891. The van der Waals surface area contributed by atoms with Crippen LogP contribution in [-0.2, 0) is 16.4 Å². The number of piperidine rings is 1. The summed E-state index contributed by atoms with van der Waals surface area (Å²) in [7, 11) is -3.31. The van der Waals surface area contributed by atoms with Crippen molar-refractivity contribution in [2.75, 3.05) is 30.6 Å². The molecule has 29 heavy (non-hydrogen) atoms. The van der Waals surface area contributed by atoms with Crippen LogP contribution in [0.4, 0.5) is 5.69 Å². The van der Waals surface area contributed by atoms with Gasteiger partial charge in [-0.05, 0) is 87.6 Å². The molecule has 0 atom stereocenters. The Hall–Kier alpha value is -2.25. The number of nitrogens with one attached hydrogen (secondary N) is 1. The molecule has 7 heteroatoms. The van der Waals surface area contributed by atoms with Crippen molar-refractivity contribution in [3.05, 3.63) is 59.9 Å². The molecule has 6 nitrogen and oxygen atoms in total. The molecule has 1 N–H and O–H groups in total. The average Bonchev–Trinajstić information content (AvgIpc) is 2.71. The van der Waals surface area contributed by atoms with Crippen LogP contribution in [0.15, 0.2) is 48.8 Å². The number of Topliss-reactive ketones (excluding diaryl/α,β-unsaturated/α-hetero) is 1. The zero-order valence-corrected chi connectivity index (χ0v) is 17.7. The predicted octanol–water partition coefficient (Wildman–Crippen LogP) is 3.37. The molecule has 0 radical (unpaired) electrons. The van der Waals surface area contributed by atoms with Crippen molar-refractivity contribution in [1.29, 1.82) is 0 Å². The monoisotopic (exact) mass is 415 g/mol. The van der Waals surface area contributed by atoms with E-state index in [2.05, 4.69) is 20.7 Å². The number of hydrogen-bond acceptors (Lipinski definition) is 5. The van der Waals surface area contributed by atoms with Gasteiger partial charge in [0.1, 0.15) is 0 Å². The average molecular weight is 416 g/mol. The van der Waals surface area contributed by atoms with E-state index in [0.29, 0.717) is 11.3 Å². The number of sulfonamides is 1. The molecule has 1 fully saturated rings. The number of ketones is 1. The van der Waals surface area contributed by atoms with E-state index >= 15 is 0 Å². The summed E-state index contributed by atoms with van der Waals surface area (Å²) in [5.41, 5.74) is 2.42. The van der Waals surface area contributed by atoms with Crippen LogP contribution in [0.25, 0.3) is 0 Å². The Morgan fingerprint density at radius 3 is 2.48 bits per heavy atom. The third-order valence-electron chi connectivity index (χ3n) is 5.34. The summed E-state index contributed by atoms with van der Waals surface area (Å²) in [5, 5.41) is 0. The van der Waals surface area contributed by atoms with Crippen LogP contribution in [0.2, 0.25) is 0 Å². The van der Waals surface area contributed by atoms with Crippen LogP contribution in [0.5, 0.6) is 0 Å². The second kappa shape index (κ2) is 9.98. The van der Waals surface area contributed by atoms with Gasteiger partial charge in [-0.2, -0.15) is 0 Å². The van der Waals surface area contributed by atoms with Crippen molar-refractivity contribution in [1.82, 2.24) is 9.88 Å². The van der Waals surface area contributed by atoms with Gasteiger partial charge in [0.2, 0.25) is 10.0 Å². The second-order valence-corrected chi connectivity index (χ2v) is 9.50. The lowest BCUT2D eigenvalue weighted by atomic mass is 9.88. The fourth-order valence-corrected chi connectivity index (χ4v) is 4.35. The van der Waals surface area contributed by atoms with Gasteiger partial charge < -0.3 is 4.90 Å². The summed E-state index contributed by atoms with van der Waals surface area (Å²) in [6.45, 7) is 2.99. The molecule has 1 aliphatic rings. The maximum absolute atomic E-state index is 12.8. The number of aryl methyl sites for hydroxylation is 1. The Morgan fingerprint density at radius 1 is 1.14 bits per heavy atom. The summed E-state index contributed by atoms with van der Waals surface area (Å²) in [4.78, 5) is 19.4. The molecule has 156 valence electrons. The lowest BCUT2D eigenvalue weighted by Gasteiger charge is -2.31. The summed E-state index contributed by atoms with van der Waals surface area (Å²) in [6, 6.07) is 10.8. The molecule has 1 aliphatic heterocycles. The second-order valence-electron chi connectivity index (χ2n) is 7.75. The van der Waals surface area contributed by atoms with Crippen molar-refractivity contribution in [3.63, 3.8) is 0 Å². The quantitative estimate of drug-likeness (QED) is 0.502. The number of aromatic nitrogens is 1. The Kier molecular flexibility index (Phi) is 7.39. The molecule has 0 aliphatic carbocycles. The van der Waals surface area contributed by atoms with E-state index < -0.39 is 10.0 Å². The molecule has 0 bridgehead atoms. The zero-order chi connectivity index (χ0) is 20.7. The third-order valence-corrected chi connectivity index (χ3v) is 5.95. The number of carbonyl (C=O) groups excluding carboxylic acids is 1. The number of benzene rings is 1. The first kappa shape index (κ1) is 21.5. The summed E-state index contributed by atoms with van der Waals surface area (Å²) in [6.07, 6.45) is 9.97. The summed E-state index contributed by atoms with van der Waals surface area (Å²) in [5.74, 6) is 0.211. The van der Waals surface area contributed by atoms with E-state index in [1.807, 2.05) is 12.3 Å². The minimum atomic E-state index is -3.31. The molecular weight excluding hydrogens is 386 g/mol. The Balaban J connectivity index is 1.40. The molecule has 2 heterocycles. The molecule has 1 aromatic carbocycles. The number of hydrogen-bond donors (Lipinski definition) is 1. The molecule has 0 spiro atoms. The maximum Gasteiger partial charge on any atom is 0.229 e. The first-order valence-electron chi connectivity index (χ1n) is 10.1. The maximum atomic E-state index is 12.8. The van der Waals surface area contributed by atoms with Gasteiger partial charge in [0.05, 0.1) is 6.26 Å². The van der Waals surface area contributed by atoms with Crippen molar-refractivity contribution >= 4 is 21.5 Å². The highest BCUT2D eigenvalue weighted by Crippen LogP contribution is 2.23. The largest absolute Gasteiger partial charge is 0.303 e. The molecule has 2 aromatic rings. The van der Waals surface area contributed by atoms with E-state index in [-0.39, 0.29) is 11.7 Å². The molecule has 3 rings (SSSR count). The summed E-state index contributed by atoms with van der Waals surface area (Å²) >= 11 is 0. The minimum absolute atomic E-state index is 0.0513. The molecule has 1 aromatic heterocycles. The van der Waals surface area contributed by atoms with E-state index in [0.717, 1.165) is 58.0 Å². The van der Waals surface area contributed by atoms with Crippen molar-refractivity contribution in [3.8, 4) is 0 Å².